The van der Waals surface area contributed by atoms with Crippen LogP contribution in [0.25, 0.3) is 0 Å². The molecule has 1 spiro atoms. The smallest absolute Gasteiger partial charge is 0.274 e. The molecule has 3 saturated heterocycles. The average Bonchev–Trinajstić information content (AvgIpc) is 3.31. The number of carbonyl (C=O) groups excluding carboxylic acids is 2. The molecule has 0 aromatic heterocycles. The zero-order valence-corrected chi connectivity index (χ0v) is 25.1. The lowest BCUT2D eigenvalue weighted by Gasteiger charge is -2.49. The zero-order chi connectivity index (χ0) is 31.2. The Hall–Kier alpha value is -3.49. The van der Waals surface area contributed by atoms with Gasteiger partial charge in [-0.05, 0) is 31.4 Å². The fraction of sp³-hybridized carbons (Fsp3) is 0.419. The number of nitrogens with zero attached hydrogens (tertiary/aromatic N) is 2. The first kappa shape index (κ1) is 30.5. The first-order chi connectivity index (χ1) is 21.0. The van der Waals surface area contributed by atoms with Gasteiger partial charge in [0.05, 0.1) is 16.4 Å². The van der Waals surface area contributed by atoms with Gasteiger partial charge < -0.3 is 34.8 Å². The van der Waals surface area contributed by atoms with E-state index in [4.69, 9.17) is 9.47 Å². The highest BCUT2D eigenvalue weighted by Crippen LogP contribution is 2.52. The maximum Gasteiger partial charge on any atom is 0.274 e. The fourth-order valence-corrected chi connectivity index (χ4v) is 7.65. The molecule has 4 N–H and O–H groups in total. The lowest BCUT2D eigenvalue weighted by molar-refractivity contribution is -0.195. The zero-order valence-electron chi connectivity index (χ0n) is 24.3. The van der Waals surface area contributed by atoms with Gasteiger partial charge in [-0.25, -0.2) is 13.5 Å². The van der Waals surface area contributed by atoms with E-state index in [-0.39, 0.29) is 54.1 Å². The third kappa shape index (κ3) is 5.47. The summed E-state index contributed by atoms with van der Waals surface area (Å²) in [5, 5.41) is 25.2. The third-order valence-electron chi connectivity index (χ3n) is 8.85. The Morgan fingerprint density at radius 2 is 2.00 bits per heavy atom. The van der Waals surface area contributed by atoms with Crippen molar-refractivity contribution in [2.75, 3.05) is 13.7 Å². The van der Waals surface area contributed by atoms with Gasteiger partial charge >= 0.3 is 0 Å². The predicted octanol–water partition coefficient (Wildman–Crippen LogP) is 2.64. The molecule has 2 aromatic carbocycles. The van der Waals surface area contributed by atoms with E-state index in [2.05, 4.69) is 10.0 Å². The number of fused-ring (bicyclic) bond motifs is 5. The molecule has 0 saturated carbocycles. The van der Waals surface area contributed by atoms with Crippen LogP contribution in [0.2, 0.25) is 0 Å². The first-order valence-electron chi connectivity index (χ1n) is 14.4. The number of hydrogen-bond acceptors (Lipinski definition) is 9. The van der Waals surface area contributed by atoms with Crippen molar-refractivity contribution in [2.24, 2.45) is 0 Å². The van der Waals surface area contributed by atoms with E-state index in [1.165, 1.54) is 31.3 Å². The van der Waals surface area contributed by atoms with Crippen molar-refractivity contribution >= 4 is 23.8 Å². The minimum Gasteiger partial charge on any atom is -0.488 e. The summed E-state index contributed by atoms with van der Waals surface area (Å²) >= 11 is 1.34. The summed E-state index contributed by atoms with van der Waals surface area (Å²) < 4.78 is 41.6. The second kappa shape index (κ2) is 11.8. The molecule has 4 aliphatic rings. The summed E-state index contributed by atoms with van der Waals surface area (Å²) in [4.78, 5) is 31.1. The molecule has 13 heteroatoms. The van der Waals surface area contributed by atoms with Crippen molar-refractivity contribution in [3.05, 3.63) is 94.5 Å². The summed E-state index contributed by atoms with van der Waals surface area (Å²) in [7, 11) is 1.41. The number of aliphatic hydroxyl groups is 2. The van der Waals surface area contributed by atoms with Crippen LogP contribution in [0.15, 0.2) is 71.8 Å². The highest BCUT2D eigenvalue weighted by atomic mass is 32.2. The lowest BCUT2D eigenvalue weighted by Crippen LogP contribution is -2.62. The Morgan fingerprint density at radius 3 is 2.70 bits per heavy atom. The minimum absolute atomic E-state index is 0.0264. The number of benzene rings is 2. The third-order valence-corrected chi connectivity index (χ3v) is 10.3. The van der Waals surface area contributed by atoms with Crippen LogP contribution in [-0.2, 0) is 32.2 Å². The van der Waals surface area contributed by atoms with Gasteiger partial charge in [-0.1, -0.05) is 48.3 Å². The molecule has 3 fully saturated rings. The molecule has 10 nitrogen and oxygen atoms in total. The van der Waals surface area contributed by atoms with Gasteiger partial charge in [0, 0.05) is 50.5 Å². The van der Waals surface area contributed by atoms with Crippen molar-refractivity contribution in [1.29, 1.82) is 0 Å². The monoisotopic (exact) mass is 628 g/mol. The van der Waals surface area contributed by atoms with Crippen LogP contribution in [0, 0.1) is 11.6 Å². The maximum absolute atomic E-state index is 14.3. The standard InChI is InChI=1S/C31H34F2N4O6S/c1-18-10-11-30(17-31(41,42-2)35-44-30)24-15-36(18)29(40)25-27(43-16-19-6-4-3-5-7-19)26(38)22(14-37(24)25)28(39)34-13-20-8-9-21(32)12-23(20)33/h3-9,12,14,18,24,26,35,38,41H,10-11,13,15-17H2,1-2H3,(H,34,39)/t18-,24+,26?,30+,31?/m0/s1. The van der Waals surface area contributed by atoms with E-state index in [1.54, 1.807) is 9.80 Å². The number of rotatable bonds is 7. The number of carbonyl (C=O) groups is 2. The SMILES string of the molecule is COC1(O)C[C@@]2(CC[C@H](C)N3C[C@H]2N2C=C(C(=O)NCc4ccc(F)cc4F)C(O)C(OCc4ccccc4)=C2C3=O)SN1. The number of nitrogens with one attached hydrogen (secondary N) is 2. The van der Waals surface area contributed by atoms with Crippen LogP contribution in [0.1, 0.15) is 37.3 Å². The highest BCUT2D eigenvalue weighted by Gasteiger charge is 2.60. The second-order valence-electron chi connectivity index (χ2n) is 11.6. The fourth-order valence-electron chi connectivity index (χ4n) is 6.32. The minimum atomic E-state index is -1.61. The molecule has 0 radical (unpaired) electrons. The summed E-state index contributed by atoms with van der Waals surface area (Å²) in [5.41, 5.74) is 0.867. The van der Waals surface area contributed by atoms with Crippen molar-refractivity contribution in [3.63, 3.8) is 0 Å². The summed E-state index contributed by atoms with van der Waals surface area (Å²) in [6.07, 6.45) is 1.32. The maximum atomic E-state index is 14.3. The number of piperazine rings is 1. The quantitative estimate of drug-likeness (QED) is 0.271. The normalized spacial score (nSPS) is 29.8. The van der Waals surface area contributed by atoms with Crippen molar-refractivity contribution in [2.45, 2.75) is 68.2 Å². The first-order valence-corrected chi connectivity index (χ1v) is 15.2. The summed E-state index contributed by atoms with van der Waals surface area (Å²) in [6, 6.07) is 11.7. The summed E-state index contributed by atoms with van der Waals surface area (Å²) in [6.45, 7) is 2.03. The largest absolute Gasteiger partial charge is 0.488 e. The Kier molecular flexibility index (Phi) is 8.18. The molecule has 5 atom stereocenters. The van der Waals surface area contributed by atoms with Crippen molar-refractivity contribution in [3.8, 4) is 0 Å². The molecule has 2 unspecified atom stereocenters. The lowest BCUT2D eigenvalue weighted by atomic mass is 9.86. The van der Waals surface area contributed by atoms with Gasteiger partial charge in [-0.2, -0.15) is 0 Å². The Labute approximate surface area is 257 Å². The number of methoxy groups -OCH3 is 1. The number of hydrogen-bond donors (Lipinski definition) is 4. The molecule has 2 bridgehead atoms. The van der Waals surface area contributed by atoms with Gasteiger partial charge in [0.15, 0.2) is 5.76 Å². The van der Waals surface area contributed by atoms with Crippen LogP contribution >= 0.6 is 11.9 Å². The second-order valence-corrected chi connectivity index (χ2v) is 12.8. The number of ether oxygens (including phenoxy) is 2. The number of halogens is 2. The molecule has 4 heterocycles. The van der Waals surface area contributed by atoms with E-state index in [9.17, 15) is 28.6 Å². The Balaban J connectivity index is 1.40. The van der Waals surface area contributed by atoms with Crippen LogP contribution in [0.5, 0.6) is 0 Å². The molecule has 4 aliphatic heterocycles. The molecule has 2 amide bonds. The average molecular weight is 629 g/mol. The molecule has 234 valence electrons. The van der Waals surface area contributed by atoms with Gasteiger partial charge in [0.25, 0.3) is 11.8 Å². The van der Waals surface area contributed by atoms with Crippen molar-refractivity contribution < 1.29 is 38.1 Å². The van der Waals surface area contributed by atoms with E-state index in [0.717, 1.165) is 17.7 Å². The van der Waals surface area contributed by atoms with E-state index in [0.29, 0.717) is 19.4 Å². The molecule has 2 aromatic rings. The van der Waals surface area contributed by atoms with Crippen LogP contribution in [0.3, 0.4) is 0 Å². The number of aliphatic hydroxyl groups excluding tert-OH is 1. The van der Waals surface area contributed by atoms with Gasteiger partial charge in [0.2, 0.25) is 5.91 Å². The van der Waals surface area contributed by atoms with Crippen LogP contribution < -0.4 is 10.0 Å². The van der Waals surface area contributed by atoms with Gasteiger partial charge in [-0.15, -0.1) is 0 Å². The summed E-state index contributed by atoms with van der Waals surface area (Å²) in [5.74, 6) is -4.27. The molecular formula is C31H34F2N4O6S. The van der Waals surface area contributed by atoms with Crippen molar-refractivity contribution in [1.82, 2.24) is 19.8 Å². The highest BCUT2D eigenvalue weighted by molar-refractivity contribution is 7.99. The predicted molar refractivity (Wildman–Crippen MR) is 157 cm³/mol. The topological polar surface area (TPSA) is 124 Å². The molecular weight excluding hydrogens is 594 g/mol. The Bertz CT molecular complexity index is 1530. The van der Waals surface area contributed by atoms with Gasteiger partial charge in [0.1, 0.15) is 30.0 Å². The van der Waals surface area contributed by atoms with Gasteiger partial charge in [-0.3, -0.25) is 9.59 Å². The molecule has 6 rings (SSSR count). The Morgan fingerprint density at radius 1 is 1.23 bits per heavy atom. The van der Waals surface area contributed by atoms with Crippen LogP contribution in [-0.4, -0.2) is 74.3 Å². The van der Waals surface area contributed by atoms with E-state index < -0.39 is 40.3 Å². The molecule has 0 aliphatic carbocycles. The van der Waals surface area contributed by atoms with Crippen LogP contribution in [0.4, 0.5) is 8.78 Å². The number of amides is 2. The van der Waals surface area contributed by atoms with E-state index in [1.807, 2.05) is 37.3 Å². The van der Waals surface area contributed by atoms with E-state index >= 15 is 0 Å². The molecule has 44 heavy (non-hydrogen) atoms.